The number of nitrogens with zero attached hydrogens (tertiary/aromatic N) is 8. The van der Waals surface area contributed by atoms with Crippen LogP contribution in [0.4, 0.5) is 0 Å². The number of hydrogen-bond donors (Lipinski definition) is 4. The molecule has 20 nitrogen and oxygen atoms in total. The van der Waals surface area contributed by atoms with Crippen LogP contribution in [0.3, 0.4) is 0 Å². The SMILES string of the molecule is CC1(C)COB(c2cnc3c(c2)cc(C(=O)NCc2ccc(Cl)cc2)c(=O)n3CC(=O)N2CC(C)(C)C2)OC1.Cc1cnc(-c2cnc3c(c2)cc(C(=O)NCc2ccc(Cl)cc2)c(=O)n3CC(=O)N2CC(C)(C)C2)[nH]1.Cc1cnc(Br)[nH]1. The molecule has 2 aromatic carbocycles. The number of nitrogens with one attached hydrogen (secondary N) is 4. The molecule has 4 N–H and O–H groups in total. The number of likely N-dealkylation sites (tertiary alicyclic amines) is 2. The smallest absolute Gasteiger partial charge is 0.407 e. The standard InChI is InChI=1S/C28H32BClN4O5.C27H27ClN6O3.C4H5BrN2/c1-27(2)14-33(15-27)23(35)13-34-24-19(9-20(12-31-24)29-38-16-28(3,4)17-39-29)10-22(26(34)37)25(36)32-11-18-5-7-21(30)8-6-18;1-16-10-29-23(32-16)19-8-18-9-21(25(36)31-11-17-4-6-20(28)7-5-17)26(37)34(24(18)30-12-19)13-22(35)33-14-27(2,3)15-33;1-3-2-6-4(5)7-3/h5-10,12H,11,13-17H2,1-4H3,(H,32,36);4-10,12H,11,13-15H2,1-3H3,(H,29,32)(H,31,36);2H,1H3,(H,6,7). The zero-order valence-corrected chi connectivity index (χ0v) is 50.5. The van der Waals surface area contributed by atoms with Crippen molar-refractivity contribution in [1.82, 2.24) is 59.5 Å². The highest BCUT2D eigenvalue weighted by Crippen LogP contribution is 2.31. The van der Waals surface area contributed by atoms with Crippen molar-refractivity contribution in [2.45, 2.75) is 81.6 Å². The molecule has 6 aromatic heterocycles. The Morgan fingerprint density at radius 2 is 1.05 bits per heavy atom. The number of hydrogen-bond acceptors (Lipinski definition) is 12. The Balaban J connectivity index is 0.000000178. The summed E-state index contributed by atoms with van der Waals surface area (Å²) in [6.45, 7) is 19.9. The van der Waals surface area contributed by atoms with Crippen molar-refractivity contribution in [1.29, 1.82) is 0 Å². The first kappa shape index (κ1) is 60.1. The number of aromatic amines is 2. The first-order valence-electron chi connectivity index (χ1n) is 26.9. The van der Waals surface area contributed by atoms with Gasteiger partial charge in [0.25, 0.3) is 22.9 Å². The van der Waals surface area contributed by atoms with Crippen molar-refractivity contribution >= 4 is 97.4 Å². The molecule has 432 valence electrons. The minimum absolute atomic E-state index is 0.0494. The van der Waals surface area contributed by atoms with Crippen LogP contribution in [-0.4, -0.2) is 119 Å². The van der Waals surface area contributed by atoms with Crippen LogP contribution >= 0.6 is 39.1 Å². The second-order valence-electron chi connectivity index (χ2n) is 23.6. The summed E-state index contributed by atoms with van der Waals surface area (Å²) in [7, 11) is -0.609. The topological polar surface area (TPSA) is 244 Å². The van der Waals surface area contributed by atoms with E-state index in [2.05, 4.69) is 98.0 Å². The summed E-state index contributed by atoms with van der Waals surface area (Å²) in [6, 6.07) is 20.8. The maximum atomic E-state index is 13.6. The number of carbonyl (C=O) groups is 4. The number of benzene rings is 2. The predicted molar refractivity (Wildman–Crippen MR) is 322 cm³/mol. The Morgan fingerprint density at radius 3 is 1.46 bits per heavy atom. The number of carbonyl (C=O) groups excluding carboxylic acids is 4. The lowest BCUT2D eigenvalue weighted by molar-refractivity contribution is -0.142. The van der Waals surface area contributed by atoms with Crippen molar-refractivity contribution in [3.05, 3.63) is 167 Å². The largest absolute Gasteiger partial charge is 0.495 e. The van der Waals surface area contributed by atoms with Crippen LogP contribution in [0.5, 0.6) is 0 Å². The van der Waals surface area contributed by atoms with E-state index < -0.39 is 30.1 Å². The van der Waals surface area contributed by atoms with Gasteiger partial charge in [-0.15, -0.1) is 0 Å². The van der Waals surface area contributed by atoms with Crippen LogP contribution in [0.1, 0.15) is 84.8 Å². The highest BCUT2D eigenvalue weighted by molar-refractivity contribution is 9.10. The fraction of sp³-hybridized carbons (Fsp3) is 0.356. The fourth-order valence-electron chi connectivity index (χ4n) is 9.81. The van der Waals surface area contributed by atoms with Crippen LogP contribution < -0.4 is 27.2 Å². The average Bonchev–Trinajstić information content (AvgIpc) is 4.02. The Kier molecular flexibility index (Phi) is 17.9. The van der Waals surface area contributed by atoms with Crippen LogP contribution in [0.2, 0.25) is 10.0 Å². The minimum atomic E-state index is -0.609. The van der Waals surface area contributed by atoms with Gasteiger partial charge in [-0.1, -0.05) is 89.0 Å². The van der Waals surface area contributed by atoms with Crippen molar-refractivity contribution in [2.75, 3.05) is 39.4 Å². The number of aromatic nitrogens is 8. The number of fused-ring (bicyclic) bond motifs is 2. The van der Waals surface area contributed by atoms with Crippen LogP contribution in [0.25, 0.3) is 33.5 Å². The maximum absolute atomic E-state index is 13.6. The highest BCUT2D eigenvalue weighted by Gasteiger charge is 2.39. The Bertz CT molecular complexity index is 3840. The summed E-state index contributed by atoms with van der Waals surface area (Å²) in [5, 5.41) is 7.88. The normalized spacial score (nSPS) is 15.7. The number of H-pyrrole nitrogens is 2. The molecule has 3 aliphatic rings. The van der Waals surface area contributed by atoms with E-state index in [9.17, 15) is 28.8 Å². The monoisotopic (exact) mass is 1230 g/mol. The summed E-state index contributed by atoms with van der Waals surface area (Å²) in [4.78, 5) is 106. The summed E-state index contributed by atoms with van der Waals surface area (Å²) in [5.41, 5.74) is 4.41. The van der Waals surface area contributed by atoms with Crippen molar-refractivity contribution in [2.24, 2.45) is 16.2 Å². The van der Waals surface area contributed by atoms with E-state index in [1.807, 2.05) is 19.9 Å². The van der Waals surface area contributed by atoms with Crippen molar-refractivity contribution in [3.63, 3.8) is 0 Å². The van der Waals surface area contributed by atoms with Gasteiger partial charge in [0.2, 0.25) is 11.8 Å². The lowest BCUT2D eigenvalue weighted by Gasteiger charge is -2.45. The summed E-state index contributed by atoms with van der Waals surface area (Å²) >= 11 is 15.1. The van der Waals surface area contributed by atoms with E-state index in [1.54, 1.807) is 89.2 Å². The molecule has 83 heavy (non-hydrogen) atoms. The van der Waals surface area contributed by atoms with Crippen LogP contribution in [0, 0.1) is 30.1 Å². The summed E-state index contributed by atoms with van der Waals surface area (Å²) < 4.78 is 15.2. The molecule has 0 radical (unpaired) electrons. The Labute approximate surface area is 498 Å². The zero-order valence-electron chi connectivity index (χ0n) is 47.4. The zero-order chi connectivity index (χ0) is 59.5. The number of amides is 4. The van der Waals surface area contributed by atoms with E-state index >= 15 is 0 Å². The highest BCUT2D eigenvalue weighted by atomic mass is 79.9. The van der Waals surface area contributed by atoms with Gasteiger partial charge in [0, 0.05) is 126 Å². The summed E-state index contributed by atoms with van der Waals surface area (Å²) in [6.07, 6.45) is 6.68. The van der Waals surface area contributed by atoms with Crippen LogP contribution in [-0.2, 0) is 45.1 Å². The van der Waals surface area contributed by atoms with Gasteiger partial charge in [0.05, 0.1) is 0 Å². The molecule has 3 saturated heterocycles. The molecule has 0 atom stereocenters. The van der Waals surface area contributed by atoms with E-state index in [0.29, 0.717) is 88.4 Å². The first-order valence-corrected chi connectivity index (χ1v) is 28.4. The molecule has 0 bridgehead atoms. The van der Waals surface area contributed by atoms with Gasteiger partial charge >= 0.3 is 7.12 Å². The van der Waals surface area contributed by atoms with Gasteiger partial charge in [0.15, 0.2) is 4.73 Å². The summed E-state index contributed by atoms with van der Waals surface area (Å²) in [5.74, 6) is -0.831. The molecule has 0 spiro atoms. The molecule has 3 fully saturated rings. The molecule has 0 saturated carbocycles. The molecule has 11 rings (SSSR count). The molecule has 3 aliphatic heterocycles. The number of pyridine rings is 4. The van der Waals surface area contributed by atoms with E-state index in [1.165, 1.54) is 21.3 Å². The lowest BCUT2D eigenvalue weighted by atomic mass is 9.76. The van der Waals surface area contributed by atoms with Gasteiger partial charge in [0.1, 0.15) is 41.3 Å². The molecular weight excluding hydrogens is 1170 g/mol. The molecule has 4 amide bonds. The fourth-order valence-corrected chi connectivity index (χ4v) is 10.5. The molecule has 9 heterocycles. The van der Waals surface area contributed by atoms with Gasteiger partial charge in [-0.05, 0) is 100 Å². The van der Waals surface area contributed by atoms with E-state index in [4.69, 9.17) is 32.5 Å². The lowest BCUT2D eigenvalue weighted by Crippen LogP contribution is -2.56. The number of rotatable bonds is 12. The molecule has 0 unspecified atom stereocenters. The van der Waals surface area contributed by atoms with Crippen LogP contribution in [0.15, 0.2) is 112 Å². The van der Waals surface area contributed by atoms with Crippen molar-refractivity contribution < 1.29 is 28.5 Å². The second-order valence-corrected chi connectivity index (χ2v) is 25.2. The number of imidazole rings is 2. The van der Waals surface area contributed by atoms with Gasteiger partial charge < -0.3 is 39.7 Å². The van der Waals surface area contributed by atoms with E-state index in [0.717, 1.165) is 27.2 Å². The van der Waals surface area contributed by atoms with Gasteiger partial charge in [-0.3, -0.25) is 37.9 Å². The Hall–Kier alpha value is -7.50. The third-order valence-electron chi connectivity index (χ3n) is 14.0. The third-order valence-corrected chi connectivity index (χ3v) is 14.9. The first-order chi connectivity index (χ1) is 39.3. The molecule has 0 aliphatic carbocycles. The quantitative estimate of drug-likeness (QED) is 0.0863. The van der Waals surface area contributed by atoms with Crippen molar-refractivity contribution in [3.8, 4) is 11.4 Å². The Morgan fingerprint density at radius 1 is 0.602 bits per heavy atom. The number of halogens is 3. The predicted octanol–water partition coefficient (Wildman–Crippen LogP) is 7.64. The van der Waals surface area contributed by atoms with Gasteiger partial charge in [-0.25, -0.2) is 19.9 Å². The second kappa shape index (κ2) is 24.8. The molecular formula is C59H64BBrCl2N12O8. The van der Waals surface area contributed by atoms with Gasteiger partial charge in [-0.2, -0.15) is 0 Å². The number of aryl methyl sites for hydroxylation is 2. The third kappa shape index (κ3) is 14.8. The average molecular weight is 1230 g/mol. The van der Waals surface area contributed by atoms with E-state index in [-0.39, 0.29) is 65.4 Å². The molecule has 8 aromatic rings. The molecule has 24 heteroatoms. The maximum Gasteiger partial charge on any atom is 0.495 e. The minimum Gasteiger partial charge on any atom is -0.407 e.